The van der Waals surface area contributed by atoms with Gasteiger partial charge in [-0.15, -0.1) is 0 Å². The first kappa shape index (κ1) is 16.2. The molecule has 0 radical (unpaired) electrons. The number of aromatic nitrogens is 2. The summed E-state index contributed by atoms with van der Waals surface area (Å²) in [7, 11) is 0. The lowest BCUT2D eigenvalue weighted by atomic mass is 9.94. The van der Waals surface area contributed by atoms with E-state index in [1.54, 1.807) is 6.07 Å². The van der Waals surface area contributed by atoms with Gasteiger partial charge in [-0.1, -0.05) is 43.7 Å². The number of amides is 1. The Labute approximate surface area is 140 Å². The predicted octanol–water partition coefficient (Wildman–Crippen LogP) is 3.90. The Kier molecular flexibility index (Phi) is 4.89. The van der Waals surface area contributed by atoms with Gasteiger partial charge in [0.25, 0.3) is 0 Å². The molecule has 0 aliphatic heterocycles. The molecular weight excluding hydrogens is 305 g/mol. The molecule has 0 aliphatic rings. The van der Waals surface area contributed by atoms with E-state index in [1.807, 2.05) is 30.3 Å². The van der Waals surface area contributed by atoms with Gasteiger partial charge in [0, 0.05) is 0 Å². The standard InChI is InChI=1S/C19H20FN3O/c1-2-6-15(13-7-4-3-5-8-13)19(24)21-12-18-22-16-10-9-14(20)11-17(16)23-18/h3-5,7-11,15H,2,6,12H2,1H3,(H,21,24)(H,22,23). The zero-order valence-corrected chi connectivity index (χ0v) is 13.6. The van der Waals surface area contributed by atoms with Gasteiger partial charge in [0.2, 0.25) is 5.91 Å². The smallest absolute Gasteiger partial charge is 0.227 e. The van der Waals surface area contributed by atoms with E-state index in [4.69, 9.17) is 0 Å². The van der Waals surface area contributed by atoms with E-state index in [0.717, 1.165) is 18.4 Å². The van der Waals surface area contributed by atoms with Crippen molar-refractivity contribution < 1.29 is 9.18 Å². The molecule has 0 saturated carbocycles. The number of aromatic amines is 1. The Balaban J connectivity index is 1.70. The largest absolute Gasteiger partial charge is 0.348 e. The van der Waals surface area contributed by atoms with Crippen LogP contribution in [0.25, 0.3) is 11.0 Å². The van der Waals surface area contributed by atoms with Crippen molar-refractivity contribution in [3.63, 3.8) is 0 Å². The van der Waals surface area contributed by atoms with Crippen molar-refractivity contribution in [3.05, 3.63) is 65.7 Å². The van der Waals surface area contributed by atoms with E-state index in [1.165, 1.54) is 12.1 Å². The molecule has 0 spiro atoms. The highest BCUT2D eigenvalue weighted by molar-refractivity contribution is 5.83. The molecule has 0 saturated heterocycles. The van der Waals surface area contributed by atoms with Crippen LogP contribution in [-0.4, -0.2) is 15.9 Å². The molecule has 1 amide bonds. The van der Waals surface area contributed by atoms with Crippen molar-refractivity contribution in [1.29, 1.82) is 0 Å². The first-order valence-corrected chi connectivity index (χ1v) is 8.14. The van der Waals surface area contributed by atoms with Gasteiger partial charge >= 0.3 is 0 Å². The molecule has 1 aromatic heterocycles. The minimum Gasteiger partial charge on any atom is -0.348 e. The molecular formula is C19H20FN3O. The van der Waals surface area contributed by atoms with Crippen LogP contribution in [0.1, 0.15) is 37.1 Å². The van der Waals surface area contributed by atoms with Gasteiger partial charge in [0.05, 0.1) is 23.5 Å². The fourth-order valence-corrected chi connectivity index (χ4v) is 2.84. The highest BCUT2D eigenvalue weighted by Gasteiger charge is 2.19. The van der Waals surface area contributed by atoms with Gasteiger partial charge in [-0.25, -0.2) is 9.37 Å². The summed E-state index contributed by atoms with van der Waals surface area (Å²) in [5.41, 5.74) is 2.34. The van der Waals surface area contributed by atoms with E-state index in [9.17, 15) is 9.18 Å². The Hall–Kier alpha value is -2.69. The van der Waals surface area contributed by atoms with Crippen molar-refractivity contribution in [3.8, 4) is 0 Å². The number of rotatable bonds is 6. The van der Waals surface area contributed by atoms with Gasteiger partial charge in [-0.05, 0) is 30.2 Å². The monoisotopic (exact) mass is 325 g/mol. The molecule has 124 valence electrons. The quantitative estimate of drug-likeness (QED) is 0.722. The lowest BCUT2D eigenvalue weighted by molar-refractivity contribution is -0.122. The topological polar surface area (TPSA) is 57.8 Å². The lowest BCUT2D eigenvalue weighted by Gasteiger charge is -2.16. The third-order valence-electron chi connectivity index (χ3n) is 4.02. The number of carbonyl (C=O) groups is 1. The van der Waals surface area contributed by atoms with Gasteiger partial charge in [-0.2, -0.15) is 0 Å². The number of benzene rings is 2. The maximum absolute atomic E-state index is 13.2. The Morgan fingerprint density at radius 2 is 2.04 bits per heavy atom. The van der Waals surface area contributed by atoms with E-state index in [2.05, 4.69) is 22.2 Å². The van der Waals surface area contributed by atoms with Crippen molar-refractivity contribution in [2.75, 3.05) is 0 Å². The van der Waals surface area contributed by atoms with E-state index < -0.39 is 0 Å². The number of nitrogens with one attached hydrogen (secondary N) is 2. The fraction of sp³-hybridized carbons (Fsp3) is 0.263. The van der Waals surface area contributed by atoms with Crippen molar-refractivity contribution in [1.82, 2.24) is 15.3 Å². The second-order valence-corrected chi connectivity index (χ2v) is 5.81. The van der Waals surface area contributed by atoms with E-state index in [0.29, 0.717) is 23.4 Å². The number of hydrogen-bond donors (Lipinski definition) is 2. The van der Waals surface area contributed by atoms with Crippen molar-refractivity contribution in [2.45, 2.75) is 32.2 Å². The van der Waals surface area contributed by atoms with Gasteiger partial charge < -0.3 is 10.3 Å². The maximum atomic E-state index is 13.2. The second kappa shape index (κ2) is 7.25. The first-order valence-electron chi connectivity index (χ1n) is 8.14. The zero-order valence-electron chi connectivity index (χ0n) is 13.6. The summed E-state index contributed by atoms with van der Waals surface area (Å²) < 4.78 is 13.2. The minimum absolute atomic E-state index is 0.0188. The lowest BCUT2D eigenvalue weighted by Crippen LogP contribution is -2.29. The Morgan fingerprint density at radius 1 is 1.25 bits per heavy atom. The summed E-state index contributed by atoms with van der Waals surface area (Å²) in [6, 6.07) is 14.2. The molecule has 24 heavy (non-hydrogen) atoms. The van der Waals surface area contributed by atoms with Gasteiger partial charge in [0.1, 0.15) is 11.6 Å². The third kappa shape index (κ3) is 3.62. The number of carbonyl (C=O) groups excluding carboxylic acids is 1. The minimum atomic E-state index is -0.311. The number of imidazole rings is 1. The van der Waals surface area contributed by atoms with E-state index >= 15 is 0 Å². The molecule has 2 N–H and O–H groups in total. The zero-order chi connectivity index (χ0) is 16.9. The molecule has 1 atom stereocenters. The number of halogens is 1. The van der Waals surface area contributed by atoms with Crippen LogP contribution in [0.15, 0.2) is 48.5 Å². The summed E-state index contributed by atoms with van der Waals surface area (Å²) in [5, 5.41) is 2.93. The van der Waals surface area contributed by atoms with Crippen LogP contribution in [0.3, 0.4) is 0 Å². The number of fused-ring (bicyclic) bond motifs is 1. The molecule has 3 aromatic rings. The molecule has 0 fully saturated rings. The molecule has 1 heterocycles. The Morgan fingerprint density at radius 3 is 2.79 bits per heavy atom. The van der Waals surface area contributed by atoms with Gasteiger partial charge in [-0.3, -0.25) is 4.79 Å². The van der Waals surface area contributed by atoms with Crippen LogP contribution < -0.4 is 5.32 Å². The van der Waals surface area contributed by atoms with Crippen molar-refractivity contribution in [2.24, 2.45) is 0 Å². The molecule has 0 bridgehead atoms. The third-order valence-corrected chi connectivity index (χ3v) is 4.02. The molecule has 5 heteroatoms. The maximum Gasteiger partial charge on any atom is 0.227 e. The Bertz CT molecular complexity index is 829. The summed E-state index contributed by atoms with van der Waals surface area (Å²) in [6.45, 7) is 2.36. The predicted molar refractivity (Wildman–Crippen MR) is 92.0 cm³/mol. The van der Waals surface area contributed by atoms with Crippen LogP contribution in [0.4, 0.5) is 4.39 Å². The van der Waals surface area contributed by atoms with Crippen LogP contribution in [0.2, 0.25) is 0 Å². The van der Waals surface area contributed by atoms with Crippen LogP contribution in [0, 0.1) is 5.82 Å². The highest BCUT2D eigenvalue weighted by atomic mass is 19.1. The molecule has 3 rings (SSSR count). The number of hydrogen-bond acceptors (Lipinski definition) is 2. The van der Waals surface area contributed by atoms with Crippen LogP contribution in [-0.2, 0) is 11.3 Å². The normalized spacial score (nSPS) is 12.2. The van der Waals surface area contributed by atoms with Gasteiger partial charge in [0.15, 0.2) is 0 Å². The molecule has 1 unspecified atom stereocenters. The summed E-state index contributed by atoms with van der Waals surface area (Å²) in [4.78, 5) is 20.0. The molecule has 4 nitrogen and oxygen atoms in total. The number of nitrogens with zero attached hydrogens (tertiary/aromatic N) is 1. The summed E-state index contributed by atoms with van der Waals surface area (Å²) in [5.74, 6) is 0.119. The highest BCUT2D eigenvalue weighted by Crippen LogP contribution is 2.21. The SMILES string of the molecule is CCCC(C(=O)NCc1nc2ccc(F)cc2[nH]1)c1ccccc1. The first-order chi connectivity index (χ1) is 11.7. The second-order valence-electron chi connectivity index (χ2n) is 5.81. The molecule has 2 aromatic carbocycles. The average Bonchev–Trinajstić information content (AvgIpc) is 3.00. The number of H-pyrrole nitrogens is 1. The summed E-state index contributed by atoms with van der Waals surface area (Å²) in [6.07, 6.45) is 1.72. The van der Waals surface area contributed by atoms with Crippen molar-refractivity contribution >= 4 is 16.9 Å². The van der Waals surface area contributed by atoms with Crippen LogP contribution in [0.5, 0.6) is 0 Å². The average molecular weight is 325 g/mol. The molecule has 0 aliphatic carbocycles. The summed E-state index contributed by atoms with van der Waals surface area (Å²) >= 11 is 0. The fourth-order valence-electron chi connectivity index (χ4n) is 2.84. The van der Waals surface area contributed by atoms with E-state index in [-0.39, 0.29) is 17.6 Å². The van der Waals surface area contributed by atoms with Crippen LogP contribution >= 0.6 is 0 Å².